The van der Waals surface area contributed by atoms with Gasteiger partial charge in [0.15, 0.2) is 0 Å². The fourth-order valence-corrected chi connectivity index (χ4v) is 0.985. The van der Waals surface area contributed by atoms with Gasteiger partial charge in [0.25, 0.3) is 5.91 Å². The standard InChI is InChI=1S/C10H9N3O3/c1-2-3-8(10(15)16)13-9(14)7-4-5-11-12-6-7/h1,4-6,8H,3H2,(H,13,14)(H,15,16). The molecule has 0 aliphatic carbocycles. The molecule has 0 bridgehead atoms. The molecule has 0 fully saturated rings. The lowest BCUT2D eigenvalue weighted by molar-refractivity contribution is -0.139. The first-order valence-electron chi connectivity index (χ1n) is 4.39. The molecule has 6 heteroatoms. The van der Waals surface area contributed by atoms with Crippen LogP contribution < -0.4 is 5.32 Å². The summed E-state index contributed by atoms with van der Waals surface area (Å²) in [6, 6.07) is 0.336. The van der Waals surface area contributed by atoms with Crippen LogP contribution in [0.3, 0.4) is 0 Å². The second-order valence-electron chi connectivity index (χ2n) is 2.90. The van der Waals surface area contributed by atoms with E-state index in [1.54, 1.807) is 0 Å². The van der Waals surface area contributed by atoms with Gasteiger partial charge in [-0.3, -0.25) is 4.79 Å². The first-order chi connectivity index (χ1) is 7.65. The molecule has 16 heavy (non-hydrogen) atoms. The largest absolute Gasteiger partial charge is 0.480 e. The van der Waals surface area contributed by atoms with E-state index in [1.165, 1.54) is 18.5 Å². The van der Waals surface area contributed by atoms with Crippen molar-refractivity contribution < 1.29 is 14.7 Å². The van der Waals surface area contributed by atoms with Crippen molar-refractivity contribution in [1.82, 2.24) is 15.5 Å². The number of aromatic nitrogens is 2. The third-order valence-corrected chi connectivity index (χ3v) is 1.77. The molecule has 1 heterocycles. The summed E-state index contributed by atoms with van der Waals surface area (Å²) in [4.78, 5) is 22.2. The monoisotopic (exact) mass is 219 g/mol. The predicted octanol–water partition coefficient (Wildman–Crippen LogP) is -0.317. The van der Waals surface area contributed by atoms with Crippen molar-refractivity contribution in [3.8, 4) is 12.3 Å². The quantitative estimate of drug-likeness (QED) is 0.677. The predicted molar refractivity (Wildman–Crippen MR) is 54.4 cm³/mol. The Bertz CT molecular complexity index is 425. The normalized spacial score (nSPS) is 11.2. The molecular weight excluding hydrogens is 210 g/mol. The minimum Gasteiger partial charge on any atom is -0.480 e. The van der Waals surface area contributed by atoms with Gasteiger partial charge in [-0.05, 0) is 6.07 Å². The number of aliphatic carboxylic acids is 1. The third-order valence-electron chi connectivity index (χ3n) is 1.77. The van der Waals surface area contributed by atoms with Crippen LogP contribution in [0.5, 0.6) is 0 Å². The zero-order valence-electron chi connectivity index (χ0n) is 8.25. The molecule has 6 nitrogen and oxygen atoms in total. The maximum atomic E-state index is 11.5. The lowest BCUT2D eigenvalue weighted by Crippen LogP contribution is -2.40. The van der Waals surface area contributed by atoms with Crippen LogP contribution in [0.1, 0.15) is 16.8 Å². The number of nitrogens with zero attached hydrogens (tertiary/aromatic N) is 2. The van der Waals surface area contributed by atoms with Crippen LogP contribution in [0, 0.1) is 12.3 Å². The van der Waals surface area contributed by atoms with Gasteiger partial charge in [0.2, 0.25) is 0 Å². The molecule has 1 atom stereocenters. The summed E-state index contributed by atoms with van der Waals surface area (Å²) < 4.78 is 0. The molecule has 1 amide bonds. The number of carbonyl (C=O) groups excluding carboxylic acids is 1. The highest BCUT2D eigenvalue weighted by atomic mass is 16.4. The Hall–Kier alpha value is -2.42. The summed E-state index contributed by atoms with van der Waals surface area (Å²) in [5.41, 5.74) is 0.235. The van der Waals surface area contributed by atoms with Gasteiger partial charge in [0.05, 0.1) is 18.0 Å². The van der Waals surface area contributed by atoms with Crippen LogP contribution in [0.15, 0.2) is 18.5 Å². The smallest absolute Gasteiger partial charge is 0.327 e. The fourth-order valence-electron chi connectivity index (χ4n) is 0.985. The number of hydrogen-bond acceptors (Lipinski definition) is 4. The van der Waals surface area contributed by atoms with E-state index in [0.29, 0.717) is 0 Å². The molecule has 1 aromatic rings. The van der Waals surface area contributed by atoms with E-state index in [0.717, 1.165) is 0 Å². The van der Waals surface area contributed by atoms with Gasteiger partial charge >= 0.3 is 5.97 Å². The second-order valence-corrected chi connectivity index (χ2v) is 2.90. The Labute approximate surface area is 91.7 Å². The fraction of sp³-hybridized carbons (Fsp3) is 0.200. The van der Waals surface area contributed by atoms with E-state index in [4.69, 9.17) is 11.5 Å². The van der Waals surface area contributed by atoms with Crippen molar-refractivity contribution >= 4 is 11.9 Å². The number of carboxylic acids is 1. The van der Waals surface area contributed by atoms with E-state index in [9.17, 15) is 9.59 Å². The topological polar surface area (TPSA) is 92.2 Å². The van der Waals surface area contributed by atoms with Gasteiger partial charge in [-0.25, -0.2) is 4.79 Å². The highest BCUT2D eigenvalue weighted by Gasteiger charge is 2.19. The summed E-state index contributed by atoms with van der Waals surface area (Å²) in [5, 5.41) is 18.1. The Morgan fingerprint density at radius 2 is 2.31 bits per heavy atom. The second kappa shape index (κ2) is 5.46. The Balaban J connectivity index is 2.70. The third kappa shape index (κ3) is 3.06. The Kier molecular flexibility index (Phi) is 3.98. The first-order valence-corrected chi connectivity index (χ1v) is 4.39. The van der Waals surface area contributed by atoms with Crippen molar-refractivity contribution in [2.45, 2.75) is 12.5 Å². The molecule has 0 spiro atoms. The van der Waals surface area contributed by atoms with Crippen LogP contribution in [0.4, 0.5) is 0 Å². The van der Waals surface area contributed by atoms with Gasteiger partial charge in [-0.1, -0.05) is 0 Å². The number of amides is 1. The highest BCUT2D eigenvalue weighted by molar-refractivity contribution is 5.96. The van der Waals surface area contributed by atoms with Gasteiger partial charge in [-0.2, -0.15) is 10.2 Å². The summed E-state index contributed by atoms with van der Waals surface area (Å²) in [6.07, 6.45) is 7.50. The van der Waals surface area contributed by atoms with E-state index in [2.05, 4.69) is 21.4 Å². The lowest BCUT2D eigenvalue weighted by Gasteiger charge is -2.11. The molecule has 0 aliphatic rings. The number of carbonyl (C=O) groups is 2. The van der Waals surface area contributed by atoms with Crippen LogP contribution in [0.25, 0.3) is 0 Å². The molecule has 2 N–H and O–H groups in total. The minimum absolute atomic E-state index is 0.0699. The van der Waals surface area contributed by atoms with E-state index in [1.807, 2.05) is 0 Å². The zero-order valence-corrected chi connectivity index (χ0v) is 8.25. The number of hydrogen-bond donors (Lipinski definition) is 2. The number of nitrogens with one attached hydrogen (secondary N) is 1. The summed E-state index contributed by atoms with van der Waals surface area (Å²) >= 11 is 0. The summed E-state index contributed by atoms with van der Waals surface area (Å²) in [6.45, 7) is 0. The van der Waals surface area contributed by atoms with Crippen molar-refractivity contribution in [1.29, 1.82) is 0 Å². The SMILES string of the molecule is C#CCC(NC(=O)c1ccnnc1)C(=O)O. The number of terminal acetylenes is 1. The van der Waals surface area contributed by atoms with E-state index < -0.39 is 17.9 Å². The lowest BCUT2D eigenvalue weighted by atomic mass is 10.2. The van der Waals surface area contributed by atoms with E-state index in [-0.39, 0.29) is 12.0 Å². The molecule has 0 saturated heterocycles. The van der Waals surface area contributed by atoms with Crippen molar-refractivity contribution in [2.24, 2.45) is 0 Å². The van der Waals surface area contributed by atoms with Gasteiger partial charge in [0, 0.05) is 6.42 Å². The molecule has 82 valence electrons. The van der Waals surface area contributed by atoms with Gasteiger partial charge in [-0.15, -0.1) is 12.3 Å². The van der Waals surface area contributed by atoms with Crippen molar-refractivity contribution in [2.75, 3.05) is 0 Å². The zero-order chi connectivity index (χ0) is 12.0. The molecule has 0 aliphatic heterocycles. The molecular formula is C10H9N3O3. The highest BCUT2D eigenvalue weighted by Crippen LogP contribution is 1.97. The molecule has 0 radical (unpaired) electrons. The molecule has 1 aromatic heterocycles. The van der Waals surface area contributed by atoms with Crippen LogP contribution in [-0.2, 0) is 4.79 Å². The maximum absolute atomic E-state index is 11.5. The number of rotatable bonds is 4. The number of carboxylic acid groups (broad SMARTS) is 1. The van der Waals surface area contributed by atoms with E-state index >= 15 is 0 Å². The first kappa shape index (κ1) is 11.7. The van der Waals surface area contributed by atoms with Gasteiger partial charge < -0.3 is 10.4 Å². The molecule has 0 saturated carbocycles. The van der Waals surface area contributed by atoms with Crippen molar-refractivity contribution in [3.63, 3.8) is 0 Å². The van der Waals surface area contributed by atoms with Crippen LogP contribution >= 0.6 is 0 Å². The Morgan fingerprint density at radius 3 is 2.81 bits per heavy atom. The van der Waals surface area contributed by atoms with Crippen molar-refractivity contribution in [3.05, 3.63) is 24.0 Å². The molecule has 1 unspecified atom stereocenters. The average Bonchev–Trinajstić information content (AvgIpc) is 2.29. The Morgan fingerprint density at radius 1 is 1.56 bits per heavy atom. The summed E-state index contributed by atoms with van der Waals surface area (Å²) in [7, 11) is 0. The summed E-state index contributed by atoms with van der Waals surface area (Å²) in [5.74, 6) is 0.466. The van der Waals surface area contributed by atoms with Gasteiger partial charge in [0.1, 0.15) is 6.04 Å². The minimum atomic E-state index is -1.17. The maximum Gasteiger partial charge on any atom is 0.327 e. The average molecular weight is 219 g/mol. The molecule has 0 aromatic carbocycles. The van der Waals surface area contributed by atoms with Crippen LogP contribution in [0.2, 0.25) is 0 Å². The van der Waals surface area contributed by atoms with Crippen LogP contribution in [-0.4, -0.2) is 33.2 Å². The molecule has 1 rings (SSSR count).